The van der Waals surface area contributed by atoms with Crippen molar-refractivity contribution in [3.05, 3.63) is 0 Å². The molecule has 5 heteroatoms. The molecule has 0 saturated carbocycles. The van der Waals surface area contributed by atoms with Crippen molar-refractivity contribution < 1.29 is 14.6 Å². The highest BCUT2D eigenvalue weighted by Gasteiger charge is 2.22. The highest BCUT2D eigenvalue weighted by atomic mass is 16.5. The molecule has 0 aliphatic carbocycles. The smallest absolute Gasteiger partial charge is 0.237 e. The Kier molecular flexibility index (Phi) is 5.68. The van der Waals surface area contributed by atoms with Gasteiger partial charge in [-0.1, -0.05) is 0 Å². The Morgan fingerprint density at radius 2 is 2.21 bits per heavy atom. The highest BCUT2D eigenvalue weighted by Crippen LogP contribution is 2.01. The van der Waals surface area contributed by atoms with E-state index in [2.05, 4.69) is 5.32 Å². The van der Waals surface area contributed by atoms with E-state index in [1.54, 1.807) is 21.0 Å². The van der Waals surface area contributed by atoms with Gasteiger partial charge in [-0.15, -0.1) is 0 Å². The molecule has 0 aromatic carbocycles. The summed E-state index contributed by atoms with van der Waals surface area (Å²) in [6.07, 6.45) is 0.476. The molecule has 0 fully saturated rings. The number of amides is 1. The third kappa shape index (κ3) is 5.16. The van der Waals surface area contributed by atoms with Crippen LogP contribution in [0.15, 0.2) is 0 Å². The summed E-state index contributed by atoms with van der Waals surface area (Å²) in [5, 5.41) is 11.6. The minimum absolute atomic E-state index is 0.115. The minimum Gasteiger partial charge on any atom is -0.394 e. The maximum absolute atomic E-state index is 11.4. The van der Waals surface area contributed by atoms with Crippen molar-refractivity contribution in [2.24, 2.45) is 5.73 Å². The number of rotatable bonds is 6. The molecule has 14 heavy (non-hydrogen) atoms. The fourth-order valence-electron chi connectivity index (χ4n) is 0.842. The number of nitrogens with one attached hydrogen (secondary N) is 1. The summed E-state index contributed by atoms with van der Waals surface area (Å²) in [5.41, 5.74) is 4.97. The second-order valence-electron chi connectivity index (χ2n) is 3.92. The number of methoxy groups -OCH3 is 1. The maximum Gasteiger partial charge on any atom is 0.237 e. The molecule has 0 radical (unpaired) electrons. The van der Waals surface area contributed by atoms with Gasteiger partial charge in [-0.05, 0) is 20.3 Å². The molecule has 0 rings (SSSR count). The molecule has 0 heterocycles. The number of nitrogens with two attached hydrogens (primary N) is 1. The number of ether oxygens (including phenoxy) is 1. The van der Waals surface area contributed by atoms with Crippen molar-refractivity contribution in [1.82, 2.24) is 5.32 Å². The summed E-state index contributed by atoms with van der Waals surface area (Å²) in [4.78, 5) is 11.4. The third-order valence-electron chi connectivity index (χ3n) is 1.83. The van der Waals surface area contributed by atoms with Gasteiger partial charge in [-0.3, -0.25) is 4.79 Å². The quantitative estimate of drug-likeness (QED) is 0.531. The van der Waals surface area contributed by atoms with Crippen LogP contribution in [0.25, 0.3) is 0 Å². The number of carbonyl (C=O) groups excluding carboxylic acids is 1. The Balaban J connectivity index is 3.95. The Bertz CT molecular complexity index is 183. The van der Waals surface area contributed by atoms with Gasteiger partial charge in [0.1, 0.15) is 0 Å². The number of hydrogen-bond donors (Lipinski definition) is 3. The standard InChI is InChI=1S/C9H20N2O3/c1-9(2,6-12)11-8(13)7(10)4-5-14-3/h7,12H,4-6,10H2,1-3H3,(H,11,13). The van der Waals surface area contributed by atoms with Gasteiger partial charge in [0.15, 0.2) is 0 Å². The molecule has 0 aliphatic rings. The first-order valence-corrected chi connectivity index (χ1v) is 4.60. The average Bonchev–Trinajstić information content (AvgIpc) is 2.13. The highest BCUT2D eigenvalue weighted by molar-refractivity contribution is 5.82. The third-order valence-corrected chi connectivity index (χ3v) is 1.83. The largest absolute Gasteiger partial charge is 0.394 e. The first-order chi connectivity index (χ1) is 6.43. The Morgan fingerprint density at radius 1 is 1.64 bits per heavy atom. The van der Waals surface area contributed by atoms with Crippen molar-refractivity contribution in [2.45, 2.75) is 31.8 Å². The molecule has 84 valence electrons. The van der Waals surface area contributed by atoms with E-state index in [-0.39, 0.29) is 12.5 Å². The van der Waals surface area contributed by atoms with Crippen molar-refractivity contribution in [3.8, 4) is 0 Å². The monoisotopic (exact) mass is 204 g/mol. The van der Waals surface area contributed by atoms with Gasteiger partial charge in [0.25, 0.3) is 0 Å². The molecule has 0 aliphatic heterocycles. The van der Waals surface area contributed by atoms with Crippen LogP contribution in [0.4, 0.5) is 0 Å². The summed E-state index contributed by atoms with van der Waals surface area (Å²) < 4.78 is 4.81. The number of aliphatic hydroxyl groups excluding tert-OH is 1. The van der Waals surface area contributed by atoms with Gasteiger partial charge in [-0.2, -0.15) is 0 Å². The lowest BCUT2D eigenvalue weighted by Crippen LogP contribution is -2.52. The van der Waals surface area contributed by atoms with Crippen LogP contribution in [0.3, 0.4) is 0 Å². The summed E-state index contributed by atoms with van der Waals surface area (Å²) >= 11 is 0. The molecule has 1 amide bonds. The zero-order chi connectivity index (χ0) is 11.2. The van der Waals surface area contributed by atoms with Gasteiger partial charge in [-0.25, -0.2) is 0 Å². The average molecular weight is 204 g/mol. The molecule has 4 N–H and O–H groups in total. The molecule has 0 saturated heterocycles. The topological polar surface area (TPSA) is 84.6 Å². The van der Waals surface area contributed by atoms with Crippen LogP contribution in [-0.2, 0) is 9.53 Å². The summed E-state index contributed by atoms with van der Waals surface area (Å²) in [6.45, 7) is 3.80. The number of carbonyl (C=O) groups is 1. The molecule has 0 aromatic rings. The molecule has 1 atom stereocenters. The molecule has 0 aromatic heterocycles. The van der Waals surface area contributed by atoms with Crippen LogP contribution in [-0.4, -0.2) is 42.9 Å². The van der Waals surface area contributed by atoms with E-state index in [9.17, 15) is 4.79 Å². The van der Waals surface area contributed by atoms with E-state index in [0.29, 0.717) is 13.0 Å². The SMILES string of the molecule is COCCC(N)C(=O)NC(C)(C)CO. The Morgan fingerprint density at radius 3 is 2.64 bits per heavy atom. The van der Waals surface area contributed by atoms with Gasteiger partial charge < -0.3 is 20.9 Å². The molecular weight excluding hydrogens is 184 g/mol. The molecule has 1 unspecified atom stereocenters. The fraction of sp³-hybridized carbons (Fsp3) is 0.889. The lowest BCUT2D eigenvalue weighted by Gasteiger charge is -2.25. The molecular formula is C9H20N2O3. The summed E-state index contributed by atoms with van der Waals surface area (Å²) in [5.74, 6) is -0.263. The van der Waals surface area contributed by atoms with Crippen molar-refractivity contribution in [2.75, 3.05) is 20.3 Å². The van der Waals surface area contributed by atoms with Gasteiger partial charge in [0.05, 0.1) is 18.2 Å². The molecule has 0 bridgehead atoms. The van der Waals surface area contributed by atoms with E-state index in [1.165, 1.54) is 0 Å². The maximum atomic E-state index is 11.4. The second-order valence-corrected chi connectivity index (χ2v) is 3.92. The van der Waals surface area contributed by atoms with Gasteiger partial charge in [0.2, 0.25) is 5.91 Å². The van der Waals surface area contributed by atoms with E-state index in [4.69, 9.17) is 15.6 Å². The lowest BCUT2D eigenvalue weighted by molar-refractivity contribution is -0.124. The van der Waals surface area contributed by atoms with E-state index in [0.717, 1.165) is 0 Å². The lowest BCUT2D eigenvalue weighted by atomic mass is 10.1. The number of hydrogen-bond acceptors (Lipinski definition) is 4. The first-order valence-electron chi connectivity index (χ1n) is 4.60. The molecule has 0 spiro atoms. The van der Waals surface area contributed by atoms with Crippen LogP contribution in [0.5, 0.6) is 0 Å². The van der Waals surface area contributed by atoms with E-state index >= 15 is 0 Å². The number of aliphatic hydroxyl groups is 1. The minimum atomic E-state index is -0.623. The van der Waals surface area contributed by atoms with Crippen molar-refractivity contribution in [3.63, 3.8) is 0 Å². The van der Waals surface area contributed by atoms with Gasteiger partial charge >= 0.3 is 0 Å². The van der Waals surface area contributed by atoms with E-state index in [1.807, 2.05) is 0 Å². The van der Waals surface area contributed by atoms with Crippen molar-refractivity contribution >= 4 is 5.91 Å². The fourth-order valence-corrected chi connectivity index (χ4v) is 0.842. The molecule has 5 nitrogen and oxygen atoms in total. The Hall–Kier alpha value is -0.650. The first kappa shape index (κ1) is 13.4. The predicted molar refractivity (Wildman–Crippen MR) is 53.8 cm³/mol. The zero-order valence-corrected chi connectivity index (χ0v) is 9.04. The van der Waals surface area contributed by atoms with Crippen LogP contribution in [0.1, 0.15) is 20.3 Å². The van der Waals surface area contributed by atoms with Gasteiger partial charge in [0, 0.05) is 13.7 Å². The van der Waals surface area contributed by atoms with Crippen LogP contribution < -0.4 is 11.1 Å². The summed E-state index contributed by atoms with van der Waals surface area (Å²) in [6, 6.07) is -0.583. The van der Waals surface area contributed by atoms with E-state index < -0.39 is 11.6 Å². The zero-order valence-electron chi connectivity index (χ0n) is 9.04. The summed E-state index contributed by atoms with van der Waals surface area (Å²) in [7, 11) is 1.56. The van der Waals surface area contributed by atoms with Crippen LogP contribution in [0, 0.1) is 0 Å². The van der Waals surface area contributed by atoms with Crippen LogP contribution in [0.2, 0.25) is 0 Å². The Labute approximate surface area is 84.6 Å². The van der Waals surface area contributed by atoms with Crippen LogP contribution >= 0.6 is 0 Å². The normalized spacial score (nSPS) is 13.8. The predicted octanol–water partition coefficient (Wildman–Crippen LogP) is -0.763. The van der Waals surface area contributed by atoms with Crippen molar-refractivity contribution in [1.29, 1.82) is 0 Å². The second kappa shape index (κ2) is 5.95.